The zero-order chi connectivity index (χ0) is 21.6. The molecule has 160 valence electrons. The molecule has 1 N–H and O–H groups in total. The Hall–Kier alpha value is -2.56. The molecule has 29 heavy (non-hydrogen) atoms. The quantitative estimate of drug-likeness (QED) is 0.515. The van der Waals surface area contributed by atoms with Gasteiger partial charge in [-0.25, -0.2) is 0 Å². The Morgan fingerprint density at radius 1 is 1.00 bits per heavy atom. The fourth-order valence-corrected chi connectivity index (χ4v) is 2.90. The maximum absolute atomic E-state index is 14.8. The first kappa shape index (κ1) is 22.7. The third-order valence-electron chi connectivity index (χ3n) is 3.95. The zero-order valence-electron chi connectivity index (χ0n) is 16.2. The van der Waals surface area contributed by atoms with Gasteiger partial charge in [0.05, 0.1) is 13.2 Å². The Morgan fingerprint density at radius 3 is 2.10 bits per heavy atom. The molecule has 10 heteroatoms. The van der Waals surface area contributed by atoms with E-state index in [0.29, 0.717) is 0 Å². The highest BCUT2D eigenvalue weighted by molar-refractivity contribution is 5.68. The normalized spacial score (nSPS) is 29.0. The molecule has 0 bridgehead atoms. The van der Waals surface area contributed by atoms with Crippen LogP contribution in [0, 0.1) is 0 Å². The van der Waals surface area contributed by atoms with E-state index in [0.717, 1.165) is 26.3 Å². The van der Waals surface area contributed by atoms with Gasteiger partial charge in [-0.15, -0.1) is 0 Å². The zero-order valence-corrected chi connectivity index (χ0v) is 16.2. The number of halogens is 1. The Kier molecular flexibility index (Phi) is 7.66. The third kappa shape index (κ3) is 6.48. The largest absolute Gasteiger partial charge is 0.456 e. The van der Waals surface area contributed by atoms with Gasteiger partial charge in [0.25, 0.3) is 0 Å². The second-order valence-electron chi connectivity index (χ2n) is 6.44. The third-order valence-corrected chi connectivity index (χ3v) is 3.95. The van der Waals surface area contributed by atoms with Crippen molar-refractivity contribution < 1.29 is 47.6 Å². The maximum Gasteiger partial charge on any atom is 0.360 e. The van der Waals surface area contributed by atoms with Crippen LogP contribution in [0.4, 0.5) is 4.39 Å². The summed E-state index contributed by atoms with van der Waals surface area (Å²) in [5.41, 5.74) is 0.817. The van der Waals surface area contributed by atoms with Gasteiger partial charge < -0.3 is 28.8 Å². The van der Waals surface area contributed by atoms with Crippen molar-refractivity contribution in [3.05, 3.63) is 35.9 Å². The van der Waals surface area contributed by atoms with Crippen LogP contribution in [0.25, 0.3) is 0 Å². The van der Waals surface area contributed by atoms with Crippen molar-refractivity contribution in [3.63, 3.8) is 0 Å². The number of hydrogen-bond acceptors (Lipinski definition) is 9. The van der Waals surface area contributed by atoms with Crippen LogP contribution in [0.1, 0.15) is 26.3 Å². The monoisotopic (exact) mass is 414 g/mol. The van der Waals surface area contributed by atoms with Gasteiger partial charge in [-0.1, -0.05) is 30.3 Å². The van der Waals surface area contributed by atoms with E-state index in [4.69, 9.17) is 23.7 Å². The first-order valence-corrected chi connectivity index (χ1v) is 8.82. The molecule has 0 saturated carbocycles. The fourth-order valence-electron chi connectivity index (χ4n) is 2.90. The molecule has 0 amide bonds. The second-order valence-corrected chi connectivity index (χ2v) is 6.44. The van der Waals surface area contributed by atoms with Crippen LogP contribution in [-0.4, -0.2) is 60.1 Å². The molecule has 1 aromatic carbocycles. The van der Waals surface area contributed by atoms with Gasteiger partial charge in [-0.2, -0.15) is 4.39 Å². The van der Waals surface area contributed by atoms with E-state index in [9.17, 15) is 23.9 Å². The van der Waals surface area contributed by atoms with Crippen molar-refractivity contribution in [2.24, 2.45) is 0 Å². The average Bonchev–Trinajstić information content (AvgIpc) is 2.61. The lowest BCUT2D eigenvalue weighted by Gasteiger charge is -2.44. The van der Waals surface area contributed by atoms with Crippen molar-refractivity contribution >= 4 is 17.9 Å². The molecule has 1 saturated heterocycles. The number of carbonyl (C=O) groups excluding carboxylic acids is 3. The van der Waals surface area contributed by atoms with Crippen molar-refractivity contribution in [1.82, 2.24) is 0 Å². The molecule has 2 rings (SSSR count). The smallest absolute Gasteiger partial charge is 0.360 e. The van der Waals surface area contributed by atoms with E-state index in [2.05, 4.69) is 0 Å². The highest BCUT2D eigenvalue weighted by Crippen LogP contribution is 2.35. The number of carbonyl (C=O) groups is 3. The molecule has 1 fully saturated rings. The highest BCUT2D eigenvalue weighted by atomic mass is 19.2. The summed E-state index contributed by atoms with van der Waals surface area (Å²) >= 11 is 0. The summed E-state index contributed by atoms with van der Waals surface area (Å²) in [5.74, 6) is -2.62. The SMILES string of the molecule is CC(=O)O[C@@H]1[C@H](OC(C)=O)[C@@H](OC(C)=O)[C@@](O)(F)O[C@@H]1COCc1ccccc1. The molecule has 0 aromatic heterocycles. The minimum Gasteiger partial charge on any atom is -0.456 e. The molecule has 1 heterocycles. The van der Waals surface area contributed by atoms with Crippen molar-refractivity contribution in [2.75, 3.05) is 6.61 Å². The van der Waals surface area contributed by atoms with E-state index in [1.807, 2.05) is 6.07 Å². The maximum atomic E-state index is 14.8. The lowest BCUT2D eigenvalue weighted by molar-refractivity contribution is -0.404. The van der Waals surface area contributed by atoms with Crippen molar-refractivity contribution in [2.45, 2.75) is 57.8 Å². The summed E-state index contributed by atoms with van der Waals surface area (Å²) in [6, 6.07) is 5.52. The van der Waals surface area contributed by atoms with E-state index in [1.54, 1.807) is 24.3 Å². The fraction of sp³-hybridized carbons (Fsp3) is 0.526. The van der Waals surface area contributed by atoms with Crippen LogP contribution in [0.5, 0.6) is 0 Å². The molecule has 0 spiro atoms. The molecule has 1 aliphatic rings. The molecule has 0 aliphatic carbocycles. The first-order valence-electron chi connectivity index (χ1n) is 8.82. The van der Waals surface area contributed by atoms with Crippen LogP contribution in [0.3, 0.4) is 0 Å². The van der Waals surface area contributed by atoms with Gasteiger partial charge >= 0.3 is 23.9 Å². The summed E-state index contributed by atoms with van der Waals surface area (Å²) in [5, 5.41) is 10.1. The van der Waals surface area contributed by atoms with Crippen LogP contribution in [0.15, 0.2) is 30.3 Å². The van der Waals surface area contributed by atoms with Crippen LogP contribution < -0.4 is 0 Å². The molecular formula is C19H23FO9. The summed E-state index contributed by atoms with van der Waals surface area (Å²) in [7, 11) is 0. The molecule has 5 atom stereocenters. The van der Waals surface area contributed by atoms with Gasteiger partial charge in [0.1, 0.15) is 6.10 Å². The van der Waals surface area contributed by atoms with Gasteiger partial charge in [0.2, 0.25) is 6.10 Å². The van der Waals surface area contributed by atoms with E-state index >= 15 is 0 Å². The van der Waals surface area contributed by atoms with Gasteiger partial charge in [-0.3, -0.25) is 14.4 Å². The number of benzene rings is 1. The Bertz CT molecular complexity index is 722. The van der Waals surface area contributed by atoms with Crippen LogP contribution in [0.2, 0.25) is 0 Å². The predicted octanol–water partition coefficient (Wildman–Crippen LogP) is 1.01. The standard InChI is InChI=1S/C19H23FO9/c1-11(21)26-16-15(10-25-9-14-7-5-4-6-8-14)29-19(20,24)18(28-13(3)23)17(16)27-12(2)22/h4-8,15-18,24H,9-10H2,1-3H3/t15-,16+,17+,18-,19+/m1/s1. The number of ether oxygens (including phenoxy) is 5. The predicted molar refractivity (Wildman–Crippen MR) is 93.7 cm³/mol. The van der Waals surface area contributed by atoms with Crippen LogP contribution in [-0.2, 0) is 44.7 Å². The summed E-state index contributed by atoms with van der Waals surface area (Å²) in [6.07, 6.45) is -6.48. The van der Waals surface area contributed by atoms with E-state index in [-0.39, 0.29) is 13.2 Å². The Balaban J connectivity index is 2.24. The number of alkyl halides is 1. The molecule has 9 nitrogen and oxygen atoms in total. The summed E-state index contributed by atoms with van der Waals surface area (Å²) in [4.78, 5) is 34.4. The minimum atomic E-state index is -3.51. The number of hydrogen-bond donors (Lipinski definition) is 1. The van der Waals surface area contributed by atoms with Crippen molar-refractivity contribution in [3.8, 4) is 0 Å². The molecule has 0 radical (unpaired) electrons. The van der Waals surface area contributed by atoms with Crippen molar-refractivity contribution in [1.29, 1.82) is 0 Å². The number of esters is 3. The van der Waals surface area contributed by atoms with Gasteiger partial charge in [0, 0.05) is 20.8 Å². The topological polar surface area (TPSA) is 118 Å². The summed E-state index contributed by atoms with van der Waals surface area (Å²) in [6.45, 7) is 2.90. The highest BCUT2D eigenvalue weighted by Gasteiger charge is 2.60. The molecule has 1 aromatic rings. The van der Waals surface area contributed by atoms with Crippen LogP contribution >= 0.6 is 0 Å². The minimum absolute atomic E-state index is 0.129. The van der Waals surface area contributed by atoms with Gasteiger partial charge in [-0.05, 0) is 5.56 Å². The number of rotatable bonds is 7. The summed E-state index contributed by atoms with van der Waals surface area (Å²) < 4.78 is 40.1. The Labute approximate surface area is 166 Å². The number of aliphatic hydroxyl groups is 1. The molecule has 0 unspecified atom stereocenters. The molecular weight excluding hydrogens is 391 g/mol. The first-order chi connectivity index (χ1) is 13.6. The molecule has 1 aliphatic heterocycles. The lowest BCUT2D eigenvalue weighted by Crippen LogP contribution is -2.66. The average molecular weight is 414 g/mol. The van der Waals surface area contributed by atoms with Gasteiger partial charge in [0.15, 0.2) is 12.2 Å². The second kappa shape index (κ2) is 9.77. The Morgan fingerprint density at radius 2 is 1.55 bits per heavy atom. The van der Waals surface area contributed by atoms with E-state index < -0.39 is 48.4 Å². The lowest BCUT2D eigenvalue weighted by atomic mass is 9.97. The van der Waals surface area contributed by atoms with E-state index in [1.165, 1.54) is 0 Å².